The maximum absolute atomic E-state index is 10.5. The molecule has 2 atom stereocenters. The van der Waals surface area contributed by atoms with Crippen molar-refractivity contribution < 1.29 is 10.2 Å². The molecule has 3 heteroatoms. The average molecular weight is 582 g/mol. The van der Waals surface area contributed by atoms with Crippen LogP contribution in [0.5, 0.6) is 0 Å². The molecule has 0 saturated carbocycles. The van der Waals surface area contributed by atoms with Crippen LogP contribution >= 0.6 is 0 Å². The van der Waals surface area contributed by atoms with E-state index in [9.17, 15) is 10.2 Å². The van der Waals surface area contributed by atoms with Crippen LogP contribution in [0.4, 0.5) is 0 Å². The number of rotatable bonds is 35. The van der Waals surface area contributed by atoms with Crippen LogP contribution in [0.1, 0.15) is 213 Å². The van der Waals surface area contributed by atoms with Crippen molar-refractivity contribution in [2.24, 2.45) is 0 Å². The minimum Gasteiger partial charge on any atom is -0.392 e. The van der Waals surface area contributed by atoms with E-state index in [1.807, 2.05) is 0 Å². The molecule has 0 aliphatic heterocycles. The van der Waals surface area contributed by atoms with Crippen molar-refractivity contribution in [1.29, 1.82) is 0 Å². The summed E-state index contributed by atoms with van der Waals surface area (Å²) in [6.07, 6.45) is 39.8. The molecule has 248 valence electrons. The summed E-state index contributed by atoms with van der Waals surface area (Å²) in [7, 11) is 0. The molecular formula is C38H79NO2. The van der Waals surface area contributed by atoms with E-state index >= 15 is 0 Å². The monoisotopic (exact) mass is 582 g/mol. The van der Waals surface area contributed by atoms with Gasteiger partial charge in [0.05, 0.1) is 12.2 Å². The molecule has 2 N–H and O–H groups in total. The first-order valence-electron chi connectivity index (χ1n) is 19.2. The highest BCUT2D eigenvalue weighted by atomic mass is 16.3. The molecule has 0 saturated heterocycles. The van der Waals surface area contributed by atoms with E-state index in [2.05, 4.69) is 25.7 Å². The zero-order chi connectivity index (χ0) is 30.1. The molecule has 0 aliphatic rings. The summed E-state index contributed by atoms with van der Waals surface area (Å²) >= 11 is 0. The molecule has 41 heavy (non-hydrogen) atoms. The summed E-state index contributed by atoms with van der Waals surface area (Å²) in [5, 5.41) is 21.1. The molecule has 0 aromatic carbocycles. The Kier molecular flexibility index (Phi) is 34.3. The van der Waals surface area contributed by atoms with E-state index in [-0.39, 0.29) is 12.2 Å². The van der Waals surface area contributed by atoms with Crippen LogP contribution in [0.25, 0.3) is 0 Å². The van der Waals surface area contributed by atoms with Crippen LogP contribution in [0.15, 0.2) is 0 Å². The van der Waals surface area contributed by atoms with Gasteiger partial charge in [-0.3, -0.25) is 4.90 Å². The first-order valence-corrected chi connectivity index (χ1v) is 19.2. The first-order chi connectivity index (χ1) is 20.1. The van der Waals surface area contributed by atoms with Crippen LogP contribution in [0.3, 0.4) is 0 Å². The minimum atomic E-state index is -0.250. The maximum atomic E-state index is 10.5. The second kappa shape index (κ2) is 34.4. The van der Waals surface area contributed by atoms with Gasteiger partial charge in [0, 0.05) is 13.1 Å². The molecule has 3 nitrogen and oxygen atoms in total. The first kappa shape index (κ1) is 40.9. The number of likely N-dealkylation sites (N-methyl/N-ethyl adjacent to an activating group) is 1. The Morgan fingerprint density at radius 1 is 0.341 bits per heavy atom. The molecule has 0 rings (SSSR count). The Morgan fingerprint density at radius 3 is 0.780 bits per heavy atom. The molecule has 2 unspecified atom stereocenters. The SMILES string of the molecule is CCCCCCCCCCCCCCCCC(O)CN(CC)CC(O)CCCCCCCCCCCCCCCC. The van der Waals surface area contributed by atoms with Crippen LogP contribution in [0.2, 0.25) is 0 Å². The fourth-order valence-electron chi connectivity index (χ4n) is 6.26. The van der Waals surface area contributed by atoms with Gasteiger partial charge in [0.25, 0.3) is 0 Å². The van der Waals surface area contributed by atoms with Crippen LogP contribution < -0.4 is 0 Å². The summed E-state index contributed by atoms with van der Waals surface area (Å²) < 4.78 is 0. The number of aliphatic hydroxyl groups excluding tert-OH is 2. The molecule has 0 fully saturated rings. The highest BCUT2D eigenvalue weighted by Crippen LogP contribution is 2.16. The summed E-state index contributed by atoms with van der Waals surface area (Å²) in [6, 6.07) is 0. The lowest BCUT2D eigenvalue weighted by Gasteiger charge is -2.26. The lowest BCUT2D eigenvalue weighted by molar-refractivity contribution is 0.0633. The Bertz CT molecular complexity index is 431. The van der Waals surface area contributed by atoms with Crippen molar-refractivity contribution >= 4 is 0 Å². The van der Waals surface area contributed by atoms with Crippen molar-refractivity contribution in [1.82, 2.24) is 4.90 Å². The summed E-state index contributed by atoms with van der Waals surface area (Å²) in [5.74, 6) is 0. The van der Waals surface area contributed by atoms with Gasteiger partial charge in [-0.2, -0.15) is 0 Å². The Hall–Kier alpha value is -0.120. The van der Waals surface area contributed by atoms with Gasteiger partial charge in [0.1, 0.15) is 0 Å². The number of nitrogens with zero attached hydrogens (tertiary/aromatic N) is 1. The van der Waals surface area contributed by atoms with E-state index in [0.29, 0.717) is 13.1 Å². The largest absolute Gasteiger partial charge is 0.392 e. The quantitative estimate of drug-likeness (QED) is 0.0731. The standard InChI is InChI=1S/C38H79NO2/c1-4-7-9-11-13-15-17-19-21-23-25-27-29-31-33-37(40)35-39(6-3)36-38(41)34-32-30-28-26-24-22-20-18-16-14-12-10-8-5-2/h37-38,40-41H,4-36H2,1-3H3. The highest BCUT2D eigenvalue weighted by molar-refractivity contribution is 4.68. The van der Waals surface area contributed by atoms with Crippen molar-refractivity contribution in [3.05, 3.63) is 0 Å². The van der Waals surface area contributed by atoms with Crippen LogP contribution in [-0.4, -0.2) is 47.0 Å². The smallest absolute Gasteiger partial charge is 0.0667 e. The average Bonchev–Trinajstić information content (AvgIpc) is 2.97. The van der Waals surface area contributed by atoms with Gasteiger partial charge in [0.2, 0.25) is 0 Å². The number of hydrogen-bond acceptors (Lipinski definition) is 3. The number of hydrogen-bond donors (Lipinski definition) is 2. The molecule has 0 bridgehead atoms. The minimum absolute atomic E-state index is 0.250. The van der Waals surface area contributed by atoms with Gasteiger partial charge >= 0.3 is 0 Å². The van der Waals surface area contributed by atoms with Crippen molar-refractivity contribution in [3.8, 4) is 0 Å². The summed E-state index contributed by atoms with van der Waals surface area (Å²) in [6.45, 7) is 9.06. The second-order valence-electron chi connectivity index (χ2n) is 13.4. The topological polar surface area (TPSA) is 43.7 Å². The second-order valence-corrected chi connectivity index (χ2v) is 13.4. The molecule has 0 amide bonds. The van der Waals surface area contributed by atoms with E-state index in [4.69, 9.17) is 0 Å². The molecule has 0 spiro atoms. The predicted molar refractivity (Wildman–Crippen MR) is 184 cm³/mol. The van der Waals surface area contributed by atoms with E-state index in [0.717, 1.165) is 32.2 Å². The molecule has 0 aromatic heterocycles. The zero-order valence-electron chi connectivity index (χ0n) is 28.8. The van der Waals surface area contributed by atoms with Gasteiger partial charge in [-0.25, -0.2) is 0 Å². The zero-order valence-corrected chi connectivity index (χ0v) is 28.8. The van der Waals surface area contributed by atoms with E-state index in [1.54, 1.807) is 0 Å². The molecule has 0 heterocycles. The maximum Gasteiger partial charge on any atom is 0.0667 e. The van der Waals surface area contributed by atoms with Gasteiger partial charge in [-0.05, 0) is 19.4 Å². The third-order valence-corrected chi connectivity index (χ3v) is 9.17. The highest BCUT2D eigenvalue weighted by Gasteiger charge is 2.14. The van der Waals surface area contributed by atoms with Crippen molar-refractivity contribution in [2.45, 2.75) is 226 Å². The number of aliphatic hydroxyl groups is 2. The lowest BCUT2D eigenvalue weighted by Crippen LogP contribution is -2.37. The van der Waals surface area contributed by atoms with Crippen molar-refractivity contribution in [3.63, 3.8) is 0 Å². The molecule has 0 radical (unpaired) electrons. The predicted octanol–water partition coefficient (Wildman–Crippen LogP) is 11.8. The fraction of sp³-hybridized carbons (Fsp3) is 1.00. The van der Waals surface area contributed by atoms with E-state index in [1.165, 1.54) is 167 Å². The van der Waals surface area contributed by atoms with Crippen LogP contribution in [0, 0.1) is 0 Å². The van der Waals surface area contributed by atoms with Gasteiger partial charge in [-0.15, -0.1) is 0 Å². The third-order valence-electron chi connectivity index (χ3n) is 9.17. The number of unbranched alkanes of at least 4 members (excludes halogenated alkanes) is 26. The molecule has 0 aliphatic carbocycles. The Labute approximate surface area is 260 Å². The summed E-state index contributed by atoms with van der Waals surface area (Å²) in [5.41, 5.74) is 0. The molecule has 0 aromatic rings. The van der Waals surface area contributed by atoms with Crippen LogP contribution in [-0.2, 0) is 0 Å². The van der Waals surface area contributed by atoms with E-state index < -0.39 is 0 Å². The third kappa shape index (κ3) is 32.6. The Morgan fingerprint density at radius 2 is 0.561 bits per heavy atom. The van der Waals surface area contributed by atoms with Gasteiger partial charge in [-0.1, -0.05) is 201 Å². The molecular weight excluding hydrogens is 502 g/mol. The fourth-order valence-corrected chi connectivity index (χ4v) is 6.26. The normalized spacial score (nSPS) is 13.3. The summed E-state index contributed by atoms with van der Waals surface area (Å²) in [4.78, 5) is 2.25. The Balaban J connectivity index is 3.51. The van der Waals surface area contributed by atoms with Crippen molar-refractivity contribution in [2.75, 3.05) is 19.6 Å². The lowest BCUT2D eigenvalue weighted by atomic mass is 10.0. The van der Waals surface area contributed by atoms with Gasteiger partial charge in [0.15, 0.2) is 0 Å². The van der Waals surface area contributed by atoms with Gasteiger partial charge < -0.3 is 10.2 Å².